The Bertz CT molecular complexity index is 921. The highest BCUT2D eigenvalue weighted by atomic mass is 79.9. The molecule has 1 aliphatic rings. The molecular weight excluding hydrogens is 442 g/mol. The maximum Gasteiger partial charge on any atom is 0.231 e. The van der Waals surface area contributed by atoms with E-state index < -0.39 is 0 Å². The van der Waals surface area contributed by atoms with Gasteiger partial charge in [0.05, 0.1) is 0 Å². The molecule has 0 saturated carbocycles. The zero-order chi connectivity index (χ0) is 18.5. The van der Waals surface area contributed by atoms with Gasteiger partial charge in [-0.15, -0.1) is 0 Å². The molecule has 4 nitrogen and oxygen atoms in total. The van der Waals surface area contributed by atoms with Gasteiger partial charge in [0, 0.05) is 23.1 Å². The van der Waals surface area contributed by atoms with Crippen LogP contribution in [0.4, 0.5) is 0 Å². The van der Waals surface area contributed by atoms with Crippen molar-refractivity contribution in [2.75, 3.05) is 6.79 Å². The summed E-state index contributed by atoms with van der Waals surface area (Å²) >= 11 is 3.55. The Balaban J connectivity index is 0.00000225. The first kappa shape index (κ1) is 20.5. The van der Waals surface area contributed by atoms with Gasteiger partial charge in [-0.05, 0) is 41.5 Å². The van der Waals surface area contributed by atoms with Gasteiger partial charge in [-0.25, -0.2) is 0 Å². The van der Waals surface area contributed by atoms with Crippen LogP contribution in [0.25, 0.3) is 0 Å². The SMILES string of the molecule is Brc1ccc(OCc2ccccc2)c(CNCc2ccc3c(c2)OCO3)c1.[Cl-]. The maximum atomic E-state index is 6.04. The summed E-state index contributed by atoms with van der Waals surface area (Å²) in [5, 5.41) is 3.48. The van der Waals surface area contributed by atoms with Crippen LogP contribution in [0.5, 0.6) is 17.2 Å². The van der Waals surface area contributed by atoms with Crippen molar-refractivity contribution in [2.45, 2.75) is 19.7 Å². The second-order valence-corrected chi connectivity index (χ2v) is 7.23. The van der Waals surface area contributed by atoms with Crippen molar-refractivity contribution < 1.29 is 26.6 Å². The number of hydrogen-bond acceptors (Lipinski definition) is 4. The van der Waals surface area contributed by atoms with E-state index in [1.807, 2.05) is 48.5 Å². The molecule has 1 heterocycles. The first-order valence-electron chi connectivity index (χ1n) is 8.82. The molecule has 0 radical (unpaired) electrons. The summed E-state index contributed by atoms with van der Waals surface area (Å²) in [4.78, 5) is 0. The molecule has 1 N–H and O–H groups in total. The molecule has 0 atom stereocenters. The van der Waals surface area contributed by atoms with Crippen LogP contribution in [0.1, 0.15) is 16.7 Å². The van der Waals surface area contributed by atoms with Crippen LogP contribution in [0, 0.1) is 0 Å². The first-order valence-corrected chi connectivity index (χ1v) is 9.61. The van der Waals surface area contributed by atoms with Crippen molar-refractivity contribution in [1.29, 1.82) is 0 Å². The van der Waals surface area contributed by atoms with E-state index in [9.17, 15) is 0 Å². The summed E-state index contributed by atoms with van der Waals surface area (Å²) in [7, 11) is 0. The van der Waals surface area contributed by atoms with Gasteiger partial charge in [0.25, 0.3) is 0 Å². The minimum absolute atomic E-state index is 0. The zero-order valence-corrected chi connectivity index (χ0v) is 17.5. The fraction of sp³-hybridized carbons (Fsp3) is 0.182. The molecule has 6 heteroatoms. The van der Waals surface area contributed by atoms with E-state index in [1.54, 1.807) is 0 Å². The Morgan fingerprint density at radius 3 is 2.54 bits per heavy atom. The maximum absolute atomic E-state index is 6.04. The van der Waals surface area contributed by atoms with Crippen LogP contribution < -0.4 is 31.9 Å². The molecule has 4 rings (SSSR count). The van der Waals surface area contributed by atoms with E-state index in [0.717, 1.165) is 45.0 Å². The molecule has 0 aliphatic carbocycles. The quantitative estimate of drug-likeness (QED) is 0.585. The van der Waals surface area contributed by atoms with E-state index in [0.29, 0.717) is 19.9 Å². The van der Waals surface area contributed by atoms with Crippen molar-refractivity contribution in [3.05, 3.63) is 87.9 Å². The standard InChI is InChI=1S/C22H20BrNO3.ClH/c23-19-7-9-20(25-14-16-4-2-1-3-5-16)18(11-19)13-24-12-17-6-8-21-22(10-17)27-15-26-21;/h1-11,24H,12-15H2;1H/p-1. The van der Waals surface area contributed by atoms with Crippen LogP contribution in [0.3, 0.4) is 0 Å². The lowest BCUT2D eigenvalue weighted by atomic mass is 10.1. The number of nitrogens with one attached hydrogen (secondary N) is 1. The van der Waals surface area contributed by atoms with Crippen molar-refractivity contribution in [3.63, 3.8) is 0 Å². The first-order chi connectivity index (χ1) is 13.3. The molecule has 0 spiro atoms. The van der Waals surface area contributed by atoms with Crippen LogP contribution in [-0.2, 0) is 19.7 Å². The van der Waals surface area contributed by atoms with Gasteiger partial charge < -0.3 is 31.9 Å². The van der Waals surface area contributed by atoms with E-state index in [4.69, 9.17) is 14.2 Å². The molecule has 0 saturated heterocycles. The summed E-state index contributed by atoms with van der Waals surface area (Å²) in [6.07, 6.45) is 0. The molecule has 1 aliphatic heterocycles. The number of hydrogen-bond donors (Lipinski definition) is 1. The van der Waals surface area contributed by atoms with Crippen LogP contribution in [0.15, 0.2) is 71.2 Å². The molecule has 0 fully saturated rings. The fourth-order valence-electron chi connectivity index (χ4n) is 2.95. The Morgan fingerprint density at radius 1 is 0.857 bits per heavy atom. The molecule has 3 aromatic carbocycles. The van der Waals surface area contributed by atoms with E-state index in [-0.39, 0.29) is 12.4 Å². The summed E-state index contributed by atoms with van der Waals surface area (Å²) in [6, 6.07) is 22.3. The summed E-state index contributed by atoms with van der Waals surface area (Å²) in [6.45, 7) is 2.29. The predicted octanol–water partition coefficient (Wildman–Crippen LogP) is 2.05. The summed E-state index contributed by atoms with van der Waals surface area (Å²) < 4.78 is 17.9. The second-order valence-electron chi connectivity index (χ2n) is 6.32. The van der Waals surface area contributed by atoms with Gasteiger partial charge in [-0.2, -0.15) is 0 Å². The highest BCUT2D eigenvalue weighted by Gasteiger charge is 2.13. The van der Waals surface area contributed by atoms with Gasteiger partial charge in [-0.3, -0.25) is 0 Å². The van der Waals surface area contributed by atoms with Gasteiger partial charge in [-0.1, -0.05) is 52.3 Å². The molecule has 146 valence electrons. The third-order valence-electron chi connectivity index (χ3n) is 4.34. The Kier molecular flexibility index (Phi) is 7.20. The van der Waals surface area contributed by atoms with Crippen molar-refractivity contribution in [1.82, 2.24) is 5.32 Å². The number of ether oxygens (including phenoxy) is 3. The lowest BCUT2D eigenvalue weighted by molar-refractivity contribution is -0.00000716. The van der Waals surface area contributed by atoms with E-state index >= 15 is 0 Å². The average molecular weight is 462 g/mol. The monoisotopic (exact) mass is 460 g/mol. The minimum Gasteiger partial charge on any atom is -1.00 e. The van der Waals surface area contributed by atoms with Crippen molar-refractivity contribution in [2.24, 2.45) is 0 Å². The molecule has 28 heavy (non-hydrogen) atoms. The highest BCUT2D eigenvalue weighted by molar-refractivity contribution is 9.10. The molecular formula is C22H20BrClNO3-. The topological polar surface area (TPSA) is 39.7 Å². The smallest absolute Gasteiger partial charge is 0.231 e. The number of benzene rings is 3. The Hall–Kier alpha value is -2.21. The molecule has 0 amide bonds. The molecule has 0 bridgehead atoms. The second kappa shape index (κ2) is 9.82. The van der Waals surface area contributed by atoms with Gasteiger partial charge in [0.1, 0.15) is 12.4 Å². The normalized spacial score (nSPS) is 11.8. The van der Waals surface area contributed by atoms with Gasteiger partial charge in [0.2, 0.25) is 6.79 Å². The highest BCUT2D eigenvalue weighted by Crippen LogP contribution is 2.32. The third kappa shape index (κ3) is 5.19. The fourth-order valence-corrected chi connectivity index (χ4v) is 3.36. The molecule has 0 aromatic heterocycles. The van der Waals surface area contributed by atoms with E-state index in [1.165, 1.54) is 0 Å². The number of rotatable bonds is 7. The summed E-state index contributed by atoms with van der Waals surface area (Å²) in [5.74, 6) is 2.51. The summed E-state index contributed by atoms with van der Waals surface area (Å²) in [5.41, 5.74) is 3.42. The van der Waals surface area contributed by atoms with Crippen LogP contribution in [-0.4, -0.2) is 6.79 Å². The predicted molar refractivity (Wildman–Crippen MR) is 108 cm³/mol. The Morgan fingerprint density at radius 2 is 1.68 bits per heavy atom. The lowest BCUT2D eigenvalue weighted by Gasteiger charge is -2.13. The lowest BCUT2D eigenvalue weighted by Crippen LogP contribution is -3.00. The van der Waals surface area contributed by atoms with Crippen LogP contribution in [0.2, 0.25) is 0 Å². The van der Waals surface area contributed by atoms with E-state index in [2.05, 4.69) is 39.4 Å². The Labute approximate surface area is 179 Å². The third-order valence-corrected chi connectivity index (χ3v) is 4.83. The average Bonchev–Trinajstić information content (AvgIpc) is 3.16. The van der Waals surface area contributed by atoms with Crippen LogP contribution >= 0.6 is 15.9 Å². The zero-order valence-electron chi connectivity index (χ0n) is 15.2. The van der Waals surface area contributed by atoms with Crippen molar-refractivity contribution in [3.8, 4) is 17.2 Å². The largest absolute Gasteiger partial charge is 1.00 e. The van der Waals surface area contributed by atoms with Gasteiger partial charge >= 0.3 is 0 Å². The van der Waals surface area contributed by atoms with Crippen molar-refractivity contribution >= 4 is 15.9 Å². The number of halogens is 2. The minimum atomic E-state index is 0. The molecule has 3 aromatic rings. The van der Waals surface area contributed by atoms with Gasteiger partial charge in [0.15, 0.2) is 11.5 Å². The number of fused-ring (bicyclic) bond motifs is 1. The molecule has 0 unspecified atom stereocenters.